The van der Waals surface area contributed by atoms with Crippen LogP contribution in [0.15, 0.2) is 0 Å². The first-order valence-corrected chi connectivity index (χ1v) is 7.65. The highest BCUT2D eigenvalue weighted by Gasteiger charge is 2.44. The Labute approximate surface area is 116 Å². The molecule has 2 saturated heterocycles. The third-order valence-corrected chi connectivity index (χ3v) is 5.08. The summed E-state index contributed by atoms with van der Waals surface area (Å²) in [6, 6.07) is 0.257. The molecule has 2 N–H and O–H groups in total. The van der Waals surface area contributed by atoms with Crippen molar-refractivity contribution in [3.8, 4) is 0 Å². The third kappa shape index (κ3) is 3.11. The first-order valence-electron chi connectivity index (χ1n) is 7.65. The van der Waals surface area contributed by atoms with Crippen molar-refractivity contribution in [1.82, 2.24) is 10.6 Å². The Hall–Kier alpha value is -0.610. The molecule has 19 heavy (non-hydrogen) atoms. The summed E-state index contributed by atoms with van der Waals surface area (Å²) in [5.74, 6) is 1.19. The molecule has 4 nitrogen and oxygen atoms in total. The molecule has 2 aliphatic heterocycles. The maximum Gasteiger partial charge on any atom is 0.228 e. The quantitative estimate of drug-likeness (QED) is 0.813. The lowest BCUT2D eigenvalue weighted by Crippen LogP contribution is -2.51. The number of rotatable bonds is 4. The van der Waals surface area contributed by atoms with Gasteiger partial charge in [-0.05, 0) is 44.6 Å². The van der Waals surface area contributed by atoms with Crippen LogP contribution in [0.4, 0.5) is 0 Å². The largest absolute Gasteiger partial charge is 0.381 e. The van der Waals surface area contributed by atoms with Crippen molar-refractivity contribution < 1.29 is 9.53 Å². The van der Waals surface area contributed by atoms with Crippen LogP contribution in [0.2, 0.25) is 0 Å². The van der Waals surface area contributed by atoms with E-state index in [1.807, 2.05) is 0 Å². The van der Waals surface area contributed by atoms with Gasteiger partial charge < -0.3 is 15.4 Å². The summed E-state index contributed by atoms with van der Waals surface area (Å²) >= 11 is 0. The van der Waals surface area contributed by atoms with Crippen LogP contribution in [-0.2, 0) is 9.53 Å². The van der Waals surface area contributed by atoms with Crippen LogP contribution in [0.5, 0.6) is 0 Å². The molecule has 0 radical (unpaired) electrons. The Bertz CT molecular complexity index is 305. The highest BCUT2D eigenvalue weighted by molar-refractivity contribution is 5.83. The van der Waals surface area contributed by atoms with E-state index in [-0.39, 0.29) is 17.4 Å². The van der Waals surface area contributed by atoms with Gasteiger partial charge in [-0.2, -0.15) is 0 Å². The van der Waals surface area contributed by atoms with Gasteiger partial charge in [-0.15, -0.1) is 0 Å². The van der Waals surface area contributed by atoms with E-state index in [1.54, 1.807) is 0 Å². The fraction of sp³-hybridized carbons (Fsp3) is 0.933. The van der Waals surface area contributed by atoms with Crippen LogP contribution in [0, 0.1) is 17.3 Å². The number of amides is 1. The topological polar surface area (TPSA) is 50.4 Å². The molecular weight excluding hydrogens is 240 g/mol. The minimum atomic E-state index is -0.209. The van der Waals surface area contributed by atoms with E-state index in [0.717, 1.165) is 45.6 Å². The van der Waals surface area contributed by atoms with Crippen LogP contribution >= 0.6 is 0 Å². The average molecular weight is 268 g/mol. The van der Waals surface area contributed by atoms with Crippen molar-refractivity contribution in [3.05, 3.63) is 0 Å². The molecular formula is C15H28N2O2. The lowest BCUT2D eigenvalue weighted by atomic mass is 9.75. The Kier molecular flexibility index (Phi) is 4.85. The van der Waals surface area contributed by atoms with Crippen LogP contribution in [0.25, 0.3) is 0 Å². The van der Waals surface area contributed by atoms with Gasteiger partial charge in [0.05, 0.1) is 5.41 Å². The zero-order valence-corrected chi connectivity index (χ0v) is 12.5. The third-order valence-electron chi connectivity index (χ3n) is 5.08. The van der Waals surface area contributed by atoms with Gasteiger partial charge in [-0.1, -0.05) is 13.8 Å². The minimum Gasteiger partial charge on any atom is -0.381 e. The number of carbonyl (C=O) groups is 1. The summed E-state index contributed by atoms with van der Waals surface area (Å²) in [4.78, 5) is 12.7. The molecule has 1 amide bonds. The van der Waals surface area contributed by atoms with Gasteiger partial charge in [0, 0.05) is 25.8 Å². The van der Waals surface area contributed by atoms with E-state index in [9.17, 15) is 4.79 Å². The molecule has 0 saturated carbocycles. The van der Waals surface area contributed by atoms with Crippen LogP contribution in [-0.4, -0.2) is 38.3 Å². The van der Waals surface area contributed by atoms with Crippen molar-refractivity contribution in [2.75, 3.05) is 26.3 Å². The number of hydrogen-bond donors (Lipinski definition) is 2. The molecule has 0 bridgehead atoms. The summed E-state index contributed by atoms with van der Waals surface area (Å²) in [5.41, 5.74) is -0.209. The maximum absolute atomic E-state index is 12.7. The molecule has 0 aromatic carbocycles. The fourth-order valence-corrected chi connectivity index (χ4v) is 3.34. The van der Waals surface area contributed by atoms with Gasteiger partial charge in [-0.25, -0.2) is 0 Å². The summed E-state index contributed by atoms with van der Waals surface area (Å²) in [5, 5.41) is 6.63. The molecule has 0 aromatic heterocycles. The summed E-state index contributed by atoms with van der Waals surface area (Å²) in [6.07, 6.45) is 3.08. The molecule has 110 valence electrons. The molecule has 2 unspecified atom stereocenters. The van der Waals surface area contributed by atoms with E-state index < -0.39 is 0 Å². The zero-order valence-electron chi connectivity index (χ0n) is 12.5. The summed E-state index contributed by atoms with van der Waals surface area (Å²) in [6.45, 7) is 9.90. The summed E-state index contributed by atoms with van der Waals surface area (Å²) < 4.78 is 5.39. The molecule has 0 aliphatic carbocycles. The lowest BCUT2D eigenvalue weighted by molar-refractivity contribution is -0.133. The highest BCUT2D eigenvalue weighted by Crippen LogP contribution is 2.34. The van der Waals surface area contributed by atoms with Gasteiger partial charge in [0.1, 0.15) is 0 Å². The predicted octanol–water partition coefficient (Wildman–Crippen LogP) is 1.55. The van der Waals surface area contributed by atoms with E-state index in [4.69, 9.17) is 4.74 Å². The Morgan fingerprint density at radius 1 is 1.32 bits per heavy atom. The van der Waals surface area contributed by atoms with E-state index in [0.29, 0.717) is 11.8 Å². The second-order valence-corrected chi connectivity index (χ2v) is 6.45. The predicted molar refractivity (Wildman–Crippen MR) is 75.9 cm³/mol. The maximum atomic E-state index is 12.7. The van der Waals surface area contributed by atoms with Gasteiger partial charge in [0.15, 0.2) is 0 Å². The van der Waals surface area contributed by atoms with Gasteiger partial charge in [0.25, 0.3) is 0 Å². The molecule has 4 heteroatoms. The molecule has 0 aromatic rings. The van der Waals surface area contributed by atoms with Gasteiger partial charge >= 0.3 is 0 Å². The van der Waals surface area contributed by atoms with Gasteiger partial charge in [-0.3, -0.25) is 4.79 Å². The SMILES string of the molecule is CC(NC(=O)C1(C(C)C)CCNC1)C1CCOCC1. The molecule has 2 aliphatic rings. The van der Waals surface area contributed by atoms with Crippen LogP contribution in [0.1, 0.15) is 40.0 Å². The van der Waals surface area contributed by atoms with E-state index in [2.05, 4.69) is 31.4 Å². The van der Waals surface area contributed by atoms with Crippen molar-refractivity contribution in [2.45, 2.75) is 46.1 Å². The second-order valence-electron chi connectivity index (χ2n) is 6.45. The Morgan fingerprint density at radius 2 is 2.00 bits per heavy atom. The Balaban J connectivity index is 1.95. The van der Waals surface area contributed by atoms with E-state index in [1.165, 1.54) is 0 Å². The standard InChI is InChI=1S/C15H28N2O2/c1-11(2)15(6-7-16-10-15)14(18)17-12(3)13-4-8-19-9-5-13/h11-13,16H,4-10H2,1-3H3,(H,17,18). The van der Waals surface area contributed by atoms with Crippen LogP contribution in [0.3, 0.4) is 0 Å². The van der Waals surface area contributed by atoms with Crippen LogP contribution < -0.4 is 10.6 Å². The number of ether oxygens (including phenoxy) is 1. The number of carbonyl (C=O) groups excluding carboxylic acids is 1. The van der Waals surface area contributed by atoms with Gasteiger partial charge in [0.2, 0.25) is 5.91 Å². The molecule has 2 rings (SSSR count). The first kappa shape index (κ1) is 14.8. The van der Waals surface area contributed by atoms with Crippen molar-refractivity contribution in [2.24, 2.45) is 17.3 Å². The molecule has 2 atom stereocenters. The summed E-state index contributed by atoms with van der Waals surface area (Å²) in [7, 11) is 0. The zero-order chi connectivity index (χ0) is 13.9. The first-order chi connectivity index (χ1) is 9.06. The van der Waals surface area contributed by atoms with Crippen molar-refractivity contribution >= 4 is 5.91 Å². The minimum absolute atomic E-state index is 0.209. The Morgan fingerprint density at radius 3 is 2.53 bits per heavy atom. The smallest absolute Gasteiger partial charge is 0.228 e. The molecule has 0 spiro atoms. The highest BCUT2D eigenvalue weighted by atomic mass is 16.5. The lowest BCUT2D eigenvalue weighted by Gasteiger charge is -2.35. The van der Waals surface area contributed by atoms with Crippen molar-refractivity contribution in [1.29, 1.82) is 0 Å². The fourth-order valence-electron chi connectivity index (χ4n) is 3.34. The number of hydrogen-bond acceptors (Lipinski definition) is 3. The number of nitrogens with one attached hydrogen (secondary N) is 2. The van der Waals surface area contributed by atoms with Crippen molar-refractivity contribution in [3.63, 3.8) is 0 Å². The molecule has 2 heterocycles. The normalized spacial score (nSPS) is 30.5. The second kappa shape index (κ2) is 6.23. The van der Waals surface area contributed by atoms with E-state index >= 15 is 0 Å². The monoisotopic (exact) mass is 268 g/mol. The molecule has 2 fully saturated rings. The average Bonchev–Trinajstić information content (AvgIpc) is 2.90.